The molecule has 108 valence electrons. The van der Waals surface area contributed by atoms with Crippen LogP contribution in [0.15, 0.2) is 30.6 Å². The molecule has 0 fully saturated rings. The van der Waals surface area contributed by atoms with Crippen LogP contribution in [-0.4, -0.2) is 36.1 Å². The number of benzene rings is 1. The Morgan fingerprint density at radius 2 is 1.95 bits per heavy atom. The highest BCUT2D eigenvalue weighted by Crippen LogP contribution is 2.27. The third-order valence-electron chi connectivity index (χ3n) is 3.71. The molecule has 2 rings (SSSR count). The van der Waals surface area contributed by atoms with Crippen LogP contribution in [0.3, 0.4) is 0 Å². The minimum absolute atomic E-state index is 0.779. The van der Waals surface area contributed by atoms with Crippen molar-refractivity contribution in [3.8, 4) is 0 Å². The van der Waals surface area contributed by atoms with Gasteiger partial charge in [0, 0.05) is 41.1 Å². The summed E-state index contributed by atoms with van der Waals surface area (Å²) in [7, 11) is 0. The maximum atomic E-state index is 5.98. The molecule has 4 nitrogen and oxygen atoms in total. The number of pyridine rings is 1. The molecular formula is C16H24N4. The van der Waals surface area contributed by atoms with Gasteiger partial charge in [-0.3, -0.25) is 4.98 Å². The molecule has 2 aromatic rings. The summed E-state index contributed by atoms with van der Waals surface area (Å²) in [5.41, 5.74) is 7.90. The average molecular weight is 272 g/mol. The second kappa shape index (κ2) is 7.10. The minimum Gasteiger partial charge on any atom is -0.398 e. The number of aromatic nitrogens is 1. The van der Waals surface area contributed by atoms with Gasteiger partial charge < -0.3 is 16.0 Å². The Kier molecular flexibility index (Phi) is 5.18. The van der Waals surface area contributed by atoms with Crippen molar-refractivity contribution in [2.24, 2.45) is 0 Å². The standard InChI is InChI=1S/C16H24N4/c1-3-20(4-2)11-5-9-19-16-7-6-15(17)14-12-18-10-8-13(14)16/h6-8,10,12,19H,3-5,9,11,17H2,1-2H3. The van der Waals surface area contributed by atoms with Crippen LogP contribution in [0.25, 0.3) is 10.8 Å². The van der Waals surface area contributed by atoms with Crippen LogP contribution in [0.4, 0.5) is 11.4 Å². The van der Waals surface area contributed by atoms with E-state index in [0.717, 1.165) is 54.7 Å². The van der Waals surface area contributed by atoms with E-state index in [1.807, 2.05) is 24.5 Å². The molecule has 0 saturated carbocycles. The summed E-state index contributed by atoms with van der Waals surface area (Å²) in [6.45, 7) is 8.75. The number of nitrogens with two attached hydrogens (primary N) is 1. The van der Waals surface area contributed by atoms with E-state index in [2.05, 4.69) is 35.1 Å². The van der Waals surface area contributed by atoms with Gasteiger partial charge in [-0.2, -0.15) is 0 Å². The van der Waals surface area contributed by atoms with Crippen molar-refractivity contribution in [2.45, 2.75) is 20.3 Å². The lowest BCUT2D eigenvalue weighted by Gasteiger charge is -2.18. The lowest BCUT2D eigenvalue weighted by Crippen LogP contribution is -2.25. The highest BCUT2D eigenvalue weighted by atomic mass is 15.1. The van der Waals surface area contributed by atoms with E-state index in [1.54, 1.807) is 0 Å². The van der Waals surface area contributed by atoms with Crippen molar-refractivity contribution in [3.05, 3.63) is 30.6 Å². The highest BCUT2D eigenvalue weighted by molar-refractivity contribution is 6.00. The number of nitrogens with zero attached hydrogens (tertiary/aromatic N) is 2. The average Bonchev–Trinajstić information content (AvgIpc) is 2.50. The van der Waals surface area contributed by atoms with Gasteiger partial charge in [0.2, 0.25) is 0 Å². The van der Waals surface area contributed by atoms with Gasteiger partial charge in [0.1, 0.15) is 0 Å². The molecule has 0 atom stereocenters. The second-order valence-electron chi connectivity index (χ2n) is 4.93. The van der Waals surface area contributed by atoms with E-state index in [1.165, 1.54) is 0 Å². The SMILES string of the molecule is CCN(CC)CCCNc1ccc(N)c2cnccc12. The molecule has 0 aliphatic heterocycles. The number of hydrogen-bond donors (Lipinski definition) is 2. The molecule has 0 saturated heterocycles. The van der Waals surface area contributed by atoms with E-state index in [0.29, 0.717) is 0 Å². The predicted molar refractivity (Wildman–Crippen MR) is 87.1 cm³/mol. The molecule has 0 radical (unpaired) electrons. The fraction of sp³-hybridized carbons (Fsp3) is 0.438. The molecule has 0 bridgehead atoms. The summed E-state index contributed by atoms with van der Waals surface area (Å²) in [6.07, 6.45) is 4.77. The quantitative estimate of drug-likeness (QED) is 0.601. The lowest BCUT2D eigenvalue weighted by atomic mass is 10.1. The van der Waals surface area contributed by atoms with Gasteiger partial charge in [0.05, 0.1) is 0 Å². The summed E-state index contributed by atoms with van der Waals surface area (Å²) in [4.78, 5) is 6.58. The van der Waals surface area contributed by atoms with Gasteiger partial charge >= 0.3 is 0 Å². The van der Waals surface area contributed by atoms with E-state index >= 15 is 0 Å². The Balaban J connectivity index is 1.98. The molecule has 3 N–H and O–H groups in total. The molecule has 20 heavy (non-hydrogen) atoms. The topological polar surface area (TPSA) is 54.2 Å². The molecule has 0 unspecified atom stereocenters. The first-order valence-electron chi connectivity index (χ1n) is 7.34. The van der Waals surface area contributed by atoms with Crippen LogP contribution in [0.1, 0.15) is 20.3 Å². The summed E-state index contributed by atoms with van der Waals surface area (Å²) in [6, 6.07) is 6.00. The molecule has 0 aliphatic rings. The first-order chi connectivity index (χ1) is 9.76. The van der Waals surface area contributed by atoms with Gasteiger partial charge in [-0.15, -0.1) is 0 Å². The second-order valence-corrected chi connectivity index (χ2v) is 4.93. The molecule has 0 amide bonds. The molecule has 1 aromatic heterocycles. The number of anilines is 2. The lowest BCUT2D eigenvalue weighted by molar-refractivity contribution is 0.303. The molecular weight excluding hydrogens is 248 g/mol. The number of nitrogens with one attached hydrogen (secondary N) is 1. The number of hydrogen-bond acceptors (Lipinski definition) is 4. The van der Waals surface area contributed by atoms with Crippen LogP contribution < -0.4 is 11.1 Å². The minimum atomic E-state index is 0.779. The monoisotopic (exact) mass is 272 g/mol. The van der Waals surface area contributed by atoms with E-state index < -0.39 is 0 Å². The predicted octanol–water partition coefficient (Wildman–Crippen LogP) is 2.96. The zero-order valence-electron chi connectivity index (χ0n) is 12.4. The van der Waals surface area contributed by atoms with Crippen molar-refractivity contribution in [2.75, 3.05) is 37.2 Å². The summed E-state index contributed by atoms with van der Waals surface area (Å²) >= 11 is 0. The largest absolute Gasteiger partial charge is 0.398 e. The Bertz CT molecular complexity index is 549. The van der Waals surface area contributed by atoms with Gasteiger partial charge in [0.15, 0.2) is 0 Å². The third kappa shape index (κ3) is 3.39. The van der Waals surface area contributed by atoms with Crippen molar-refractivity contribution in [1.82, 2.24) is 9.88 Å². The van der Waals surface area contributed by atoms with Crippen molar-refractivity contribution < 1.29 is 0 Å². The van der Waals surface area contributed by atoms with Crippen LogP contribution >= 0.6 is 0 Å². The Hall–Kier alpha value is -1.81. The highest BCUT2D eigenvalue weighted by Gasteiger charge is 2.04. The van der Waals surface area contributed by atoms with Gasteiger partial charge in [-0.25, -0.2) is 0 Å². The van der Waals surface area contributed by atoms with Gasteiger partial charge in [0.25, 0.3) is 0 Å². The van der Waals surface area contributed by atoms with Crippen LogP contribution in [-0.2, 0) is 0 Å². The Morgan fingerprint density at radius 3 is 2.70 bits per heavy atom. The molecule has 0 spiro atoms. The van der Waals surface area contributed by atoms with Gasteiger partial charge in [-0.05, 0) is 44.3 Å². The van der Waals surface area contributed by atoms with Crippen molar-refractivity contribution in [1.29, 1.82) is 0 Å². The van der Waals surface area contributed by atoms with E-state index in [4.69, 9.17) is 5.73 Å². The fourth-order valence-electron chi connectivity index (χ4n) is 2.43. The maximum Gasteiger partial charge on any atom is 0.0422 e. The smallest absolute Gasteiger partial charge is 0.0422 e. The molecule has 1 aromatic carbocycles. The number of nitrogen functional groups attached to an aromatic ring is 1. The zero-order chi connectivity index (χ0) is 14.4. The molecule has 1 heterocycles. The Morgan fingerprint density at radius 1 is 1.15 bits per heavy atom. The van der Waals surface area contributed by atoms with Crippen LogP contribution in [0.2, 0.25) is 0 Å². The number of rotatable bonds is 7. The zero-order valence-corrected chi connectivity index (χ0v) is 12.4. The molecule has 0 aliphatic carbocycles. The Labute approximate surface area is 121 Å². The maximum absolute atomic E-state index is 5.98. The fourth-order valence-corrected chi connectivity index (χ4v) is 2.43. The summed E-state index contributed by atoms with van der Waals surface area (Å²) in [5, 5.41) is 5.66. The first-order valence-corrected chi connectivity index (χ1v) is 7.34. The van der Waals surface area contributed by atoms with Gasteiger partial charge in [-0.1, -0.05) is 13.8 Å². The van der Waals surface area contributed by atoms with Crippen LogP contribution in [0.5, 0.6) is 0 Å². The van der Waals surface area contributed by atoms with E-state index in [-0.39, 0.29) is 0 Å². The summed E-state index contributed by atoms with van der Waals surface area (Å²) < 4.78 is 0. The van der Waals surface area contributed by atoms with E-state index in [9.17, 15) is 0 Å². The van der Waals surface area contributed by atoms with Crippen molar-refractivity contribution in [3.63, 3.8) is 0 Å². The van der Waals surface area contributed by atoms with Crippen LogP contribution in [0, 0.1) is 0 Å². The number of fused-ring (bicyclic) bond motifs is 1. The summed E-state index contributed by atoms with van der Waals surface area (Å²) in [5.74, 6) is 0. The third-order valence-corrected chi connectivity index (χ3v) is 3.71. The normalized spacial score (nSPS) is 11.2. The molecule has 4 heteroatoms. The first kappa shape index (κ1) is 14.6. The van der Waals surface area contributed by atoms with Crippen molar-refractivity contribution >= 4 is 22.1 Å².